The third-order valence-electron chi connectivity index (χ3n) is 7.07. The number of carbonyl (C=O) groups is 3. The van der Waals surface area contributed by atoms with E-state index in [4.69, 9.17) is 12.2 Å². The minimum atomic E-state index is -1.25. The standard InChI is InChI=1S/C31H24N6O5S2/c38-28(35-24-13-4-6-15-26(24)44-27-16-7-5-14-25(27)35)19-33-36-30(40)23(18-32-20-9-8-12-22(17-20)37(41)42)29(39)34(31(36)43)21-10-2-1-3-11-21/h1-17,23,32-33H,18-19H2. The van der Waals surface area contributed by atoms with E-state index in [-0.39, 0.29) is 29.8 Å². The van der Waals surface area contributed by atoms with Crippen LogP contribution < -0.4 is 20.5 Å². The van der Waals surface area contributed by atoms with E-state index in [0.717, 1.165) is 26.2 Å². The quantitative estimate of drug-likeness (QED) is 0.119. The smallest absolute Gasteiger partial charge is 0.271 e. The minimum Gasteiger partial charge on any atom is -0.384 e. The zero-order valence-electron chi connectivity index (χ0n) is 23.0. The molecular formula is C31H24N6O5S2. The molecule has 13 heteroatoms. The van der Waals surface area contributed by atoms with Crippen molar-refractivity contribution in [2.75, 3.05) is 28.2 Å². The number of nitrogens with zero attached hydrogens (tertiary/aromatic N) is 4. The highest BCUT2D eigenvalue weighted by atomic mass is 32.2. The number of hydrazine groups is 1. The number of para-hydroxylation sites is 3. The number of fused-ring (bicyclic) bond motifs is 2. The van der Waals surface area contributed by atoms with Crippen LogP contribution >= 0.6 is 24.0 Å². The summed E-state index contributed by atoms with van der Waals surface area (Å²) < 4.78 is 0. The first-order valence-corrected chi connectivity index (χ1v) is 14.7. The first-order valence-electron chi connectivity index (χ1n) is 13.5. The Hall–Kier alpha value is -5.11. The highest BCUT2D eigenvalue weighted by Gasteiger charge is 2.45. The van der Waals surface area contributed by atoms with Gasteiger partial charge in [0.05, 0.1) is 28.5 Å². The second-order valence-electron chi connectivity index (χ2n) is 9.81. The van der Waals surface area contributed by atoms with E-state index in [2.05, 4.69) is 10.7 Å². The predicted molar refractivity (Wildman–Crippen MR) is 171 cm³/mol. The molecule has 0 spiro atoms. The summed E-state index contributed by atoms with van der Waals surface area (Å²) >= 11 is 7.19. The lowest BCUT2D eigenvalue weighted by Crippen LogP contribution is -2.65. The third kappa shape index (κ3) is 5.51. The molecule has 3 amide bonds. The van der Waals surface area contributed by atoms with Crippen LogP contribution in [0.3, 0.4) is 0 Å². The van der Waals surface area contributed by atoms with Gasteiger partial charge in [-0.2, -0.15) is 0 Å². The molecule has 4 aromatic rings. The molecule has 0 bridgehead atoms. The van der Waals surface area contributed by atoms with Crippen molar-refractivity contribution < 1.29 is 19.3 Å². The van der Waals surface area contributed by atoms with Crippen molar-refractivity contribution >= 4 is 75.3 Å². The van der Waals surface area contributed by atoms with Crippen LogP contribution in [0, 0.1) is 16.0 Å². The lowest BCUT2D eigenvalue weighted by molar-refractivity contribution is -0.384. The van der Waals surface area contributed by atoms with Gasteiger partial charge in [-0.1, -0.05) is 60.3 Å². The van der Waals surface area contributed by atoms with Gasteiger partial charge in [-0.05, 0) is 54.7 Å². The molecule has 2 aliphatic heterocycles. The van der Waals surface area contributed by atoms with Gasteiger partial charge >= 0.3 is 0 Å². The van der Waals surface area contributed by atoms with Gasteiger partial charge in [0.15, 0.2) is 0 Å². The van der Waals surface area contributed by atoms with Gasteiger partial charge in [0, 0.05) is 34.2 Å². The number of thiocarbonyl (C=S) groups is 1. The number of amides is 3. The van der Waals surface area contributed by atoms with E-state index in [9.17, 15) is 24.5 Å². The zero-order chi connectivity index (χ0) is 30.8. The SMILES string of the molecule is O=C1C(CNc2cccc([N+](=O)[O-])c2)C(=O)N(c2ccccc2)C(=S)N1NCC(=O)N1c2ccccc2Sc2ccccc21. The average molecular weight is 625 g/mol. The lowest BCUT2D eigenvalue weighted by atomic mass is 10.0. The highest BCUT2D eigenvalue weighted by Crippen LogP contribution is 2.47. The van der Waals surface area contributed by atoms with Crippen molar-refractivity contribution in [3.05, 3.63) is 113 Å². The number of rotatable bonds is 8. The number of anilines is 4. The van der Waals surface area contributed by atoms with Gasteiger partial charge in [-0.25, -0.2) is 10.4 Å². The average Bonchev–Trinajstić information content (AvgIpc) is 3.04. The Morgan fingerprint density at radius 3 is 2.16 bits per heavy atom. The number of nitrogens with one attached hydrogen (secondary N) is 2. The van der Waals surface area contributed by atoms with Gasteiger partial charge < -0.3 is 5.32 Å². The lowest BCUT2D eigenvalue weighted by Gasteiger charge is -2.39. The van der Waals surface area contributed by atoms with Crippen LogP contribution in [0.1, 0.15) is 0 Å². The zero-order valence-corrected chi connectivity index (χ0v) is 24.6. The molecule has 1 atom stereocenters. The van der Waals surface area contributed by atoms with E-state index in [0.29, 0.717) is 11.4 Å². The molecular weight excluding hydrogens is 601 g/mol. The minimum absolute atomic E-state index is 0.124. The fourth-order valence-electron chi connectivity index (χ4n) is 4.99. The fourth-order valence-corrected chi connectivity index (χ4v) is 6.40. The summed E-state index contributed by atoms with van der Waals surface area (Å²) in [7, 11) is 0. The molecule has 2 heterocycles. The van der Waals surface area contributed by atoms with Gasteiger partial charge in [-0.3, -0.25) is 34.3 Å². The highest BCUT2D eigenvalue weighted by molar-refractivity contribution is 7.99. The van der Waals surface area contributed by atoms with Gasteiger partial charge in [0.2, 0.25) is 16.9 Å². The summed E-state index contributed by atoms with van der Waals surface area (Å²) in [5.74, 6) is -2.82. The van der Waals surface area contributed by atoms with Crippen molar-refractivity contribution in [1.29, 1.82) is 0 Å². The van der Waals surface area contributed by atoms with Crippen molar-refractivity contribution in [3.8, 4) is 0 Å². The van der Waals surface area contributed by atoms with E-state index >= 15 is 0 Å². The second-order valence-corrected chi connectivity index (χ2v) is 11.3. The Kier molecular flexibility index (Phi) is 8.07. The summed E-state index contributed by atoms with van der Waals surface area (Å²) in [6.07, 6.45) is 0. The maximum absolute atomic E-state index is 13.8. The summed E-state index contributed by atoms with van der Waals surface area (Å²) in [4.78, 5) is 56.6. The van der Waals surface area contributed by atoms with Crippen LogP contribution in [0.4, 0.5) is 28.4 Å². The van der Waals surface area contributed by atoms with Crippen LogP contribution in [-0.2, 0) is 14.4 Å². The Balaban J connectivity index is 1.27. The number of carbonyl (C=O) groups excluding carboxylic acids is 3. The molecule has 1 saturated heterocycles. The molecule has 0 radical (unpaired) electrons. The summed E-state index contributed by atoms with van der Waals surface area (Å²) in [5, 5.41) is 15.1. The van der Waals surface area contributed by atoms with E-state index in [1.165, 1.54) is 23.1 Å². The Labute approximate surface area is 261 Å². The van der Waals surface area contributed by atoms with Crippen LogP contribution in [0.2, 0.25) is 0 Å². The maximum atomic E-state index is 13.8. The third-order valence-corrected chi connectivity index (χ3v) is 8.57. The Bertz CT molecular complexity index is 1760. The van der Waals surface area contributed by atoms with E-state index in [1.807, 2.05) is 48.5 Å². The normalized spacial score (nSPS) is 16.0. The molecule has 2 N–H and O–H groups in total. The molecule has 0 saturated carbocycles. The fraction of sp³-hybridized carbons (Fsp3) is 0.0968. The molecule has 0 aliphatic carbocycles. The molecule has 11 nitrogen and oxygen atoms in total. The van der Waals surface area contributed by atoms with Gasteiger partial charge in [0.1, 0.15) is 5.92 Å². The van der Waals surface area contributed by atoms with Crippen LogP contribution in [0.5, 0.6) is 0 Å². The largest absolute Gasteiger partial charge is 0.384 e. The monoisotopic (exact) mass is 624 g/mol. The maximum Gasteiger partial charge on any atom is 0.271 e. The number of hydrogen-bond acceptors (Lipinski definition) is 9. The van der Waals surface area contributed by atoms with Crippen LogP contribution in [0.25, 0.3) is 0 Å². The molecule has 4 aromatic carbocycles. The molecule has 1 unspecified atom stereocenters. The van der Waals surface area contributed by atoms with E-state index in [1.54, 1.807) is 53.1 Å². The van der Waals surface area contributed by atoms with Crippen LogP contribution in [-0.4, -0.2) is 45.9 Å². The van der Waals surface area contributed by atoms with Crippen molar-refractivity contribution in [3.63, 3.8) is 0 Å². The molecule has 2 aliphatic rings. The Morgan fingerprint density at radius 2 is 1.50 bits per heavy atom. The first kappa shape index (κ1) is 29.0. The molecule has 6 rings (SSSR count). The van der Waals surface area contributed by atoms with Gasteiger partial charge in [0.25, 0.3) is 11.6 Å². The molecule has 44 heavy (non-hydrogen) atoms. The van der Waals surface area contributed by atoms with Crippen LogP contribution in [0.15, 0.2) is 113 Å². The van der Waals surface area contributed by atoms with Gasteiger partial charge in [-0.15, -0.1) is 0 Å². The molecule has 1 fully saturated rings. The first-order chi connectivity index (χ1) is 21.3. The van der Waals surface area contributed by atoms with Crippen molar-refractivity contribution in [2.45, 2.75) is 9.79 Å². The number of non-ortho nitro benzene ring substituents is 1. The van der Waals surface area contributed by atoms with Crippen molar-refractivity contribution in [1.82, 2.24) is 10.4 Å². The summed E-state index contributed by atoms with van der Waals surface area (Å²) in [6.45, 7) is -0.470. The number of benzene rings is 4. The topological polar surface area (TPSA) is 128 Å². The second kappa shape index (κ2) is 12.2. The van der Waals surface area contributed by atoms with Crippen molar-refractivity contribution in [2.24, 2.45) is 5.92 Å². The van der Waals surface area contributed by atoms with E-state index < -0.39 is 22.7 Å². The predicted octanol–water partition coefficient (Wildman–Crippen LogP) is 5.12. The Morgan fingerprint density at radius 1 is 0.864 bits per heavy atom. The summed E-state index contributed by atoms with van der Waals surface area (Å²) in [6, 6.07) is 29.5. The number of hydrogen-bond donors (Lipinski definition) is 2. The number of nitro benzene ring substituents is 1. The molecule has 0 aromatic heterocycles. The number of nitro groups is 1. The summed E-state index contributed by atoms with van der Waals surface area (Å²) in [5.41, 5.74) is 5.01. The molecule has 220 valence electrons.